The third kappa shape index (κ3) is 4.05. The Morgan fingerprint density at radius 2 is 2.04 bits per heavy atom. The molecule has 0 spiro atoms. The van der Waals surface area contributed by atoms with Crippen LogP contribution in [-0.4, -0.2) is 21.9 Å². The molecular weight excluding hydrogens is 326 g/mol. The third-order valence-corrected chi connectivity index (χ3v) is 4.20. The zero-order valence-electron chi connectivity index (χ0n) is 13.4. The summed E-state index contributed by atoms with van der Waals surface area (Å²) in [5.74, 6) is 1.23. The summed E-state index contributed by atoms with van der Waals surface area (Å²) in [7, 11) is 0. The van der Waals surface area contributed by atoms with E-state index in [4.69, 9.17) is 8.83 Å². The number of thioether (sulfide) groups is 1. The van der Waals surface area contributed by atoms with E-state index < -0.39 is 0 Å². The van der Waals surface area contributed by atoms with Crippen molar-refractivity contribution < 1.29 is 13.6 Å². The van der Waals surface area contributed by atoms with Crippen molar-refractivity contribution in [2.45, 2.75) is 25.1 Å². The normalized spacial score (nSPS) is 12.1. The molecule has 7 heteroatoms. The fourth-order valence-electron chi connectivity index (χ4n) is 2.10. The van der Waals surface area contributed by atoms with E-state index in [1.807, 2.05) is 44.2 Å². The van der Waals surface area contributed by atoms with Crippen molar-refractivity contribution in [1.29, 1.82) is 0 Å². The molecule has 2 heterocycles. The topological polar surface area (TPSA) is 81.2 Å². The molecule has 0 bridgehead atoms. The number of benzene rings is 1. The van der Waals surface area contributed by atoms with Crippen molar-refractivity contribution in [3.63, 3.8) is 0 Å². The Balaban J connectivity index is 1.53. The van der Waals surface area contributed by atoms with Gasteiger partial charge in [-0.3, -0.25) is 4.79 Å². The number of rotatable bonds is 6. The molecule has 3 aromatic rings. The summed E-state index contributed by atoms with van der Waals surface area (Å²) in [5.41, 5.74) is 2.02. The molecule has 3 rings (SSSR count). The van der Waals surface area contributed by atoms with Crippen LogP contribution in [-0.2, 0) is 4.79 Å². The van der Waals surface area contributed by atoms with Crippen molar-refractivity contribution in [2.75, 3.05) is 5.75 Å². The lowest BCUT2D eigenvalue weighted by Crippen LogP contribution is -2.27. The molecule has 6 nitrogen and oxygen atoms in total. The molecule has 1 N–H and O–H groups in total. The first kappa shape index (κ1) is 16.3. The Morgan fingerprint density at radius 3 is 2.75 bits per heavy atom. The molecule has 0 saturated carbocycles. The molecule has 0 aliphatic heterocycles. The van der Waals surface area contributed by atoms with Crippen LogP contribution in [0.25, 0.3) is 11.5 Å². The quantitative estimate of drug-likeness (QED) is 0.689. The minimum absolute atomic E-state index is 0.126. The number of nitrogens with zero attached hydrogens (tertiary/aromatic N) is 2. The van der Waals surface area contributed by atoms with Gasteiger partial charge in [0.1, 0.15) is 5.76 Å². The summed E-state index contributed by atoms with van der Waals surface area (Å²) >= 11 is 1.20. The first-order valence-corrected chi connectivity index (χ1v) is 8.46. The van der Waals surface area contributed by atoms with Gasteiger partial charge >= 0.3 is 0 Å². The molecule has 0 fully saturated rings. The average molecular weight is 343 g/mol. The summed E-state index contributed by atoms with van der Waals surface area (Å²) in [6.07, 6.45) is 1.58. The van der Waals surface area contributed by atoms with Crippen molar-refractivity contribution in [1.82, 2.24) is 15.5 Å². The number of hydrogen-bond donors (Lipinski definition) is 1. The monoisotopic (exact) mass is 343 g/mol. The molecule has 0 saturated heterocycles. The maximum Gasteiger partial charge on any atom is 0.277 e. The van der Waals surface area contributed by atoms with E-state index in [2.05, 4.69) is 15.5 Å². The molecule has 1 atom stereocenters. The molecule has 1 aromatic carbocycles. The number of carbonyl (C=O) groups is 1. The predicted molar refractivity (Wildman–Crippen MR) is 90.5 cm³/mol. The Labute approximate surface area is 143 Å². The molecule has 0 aliphatic rings. The van der Waals surface area contributed by atoms with Crippen LogP contribution in [0.4, 0.5) is 0 Å². The van der Waals surface area contributed by atoms with Crippen LogP contribution < -0.4 is 5.32 Å². The van der Waals surface area contributed by atoms with Gasteiger partial charge in [-0.1, -0.05) is 29.5 Å². The maximum atomic E-state index is 12.0. The van der Waals surface area contributed by atoms with Gasteiger partial charge in [0.15, 0.2) is 0 Å². The van der Waals surface area contributed by atoms with Gasteiger partial charge in [-0.05, 0) is 38.1 Å². The fraction of sp³-hybridized carbons (Fsp3) is 0.235. The Morgan fingerprint density at radius 1 is 1.25 bits per heavy atom. The van der Waals surface area contributed by atoms with Gasteiger partial charge in [-0.15, -0.1) is 10.2 Å². The molecule has 0 unspecified atom stereocenters. The second kappa shape index (κ2) is 7.35. The van der Waals surface area contributed by atoms with E-state index in [0.717, 1.165) is 11.1 Å². The van der Waals surface area contributed by atoms with E-state index in [0.29, 0.717) is 16.9 Å². The predicted octanol–water partition coefficient (Wildman–Crippen LogP) is 3.61. The highest BCUT2D eigenvalue weighted by Gasteiger charge is 2.14. The van der Waals surface area contributed by atoms with Gasteiger partial charge < -0.3 is 14.2 Å². The summed E-state index contributed by atoms with van der Waals surface area (Å²) in [6, 6.07) is 11.2. The number of carbonyl (C=O) groups excluding carboxylic acids is 1. The Bertz CT molecular complexity index is 797. The zero-order chi connectivity index (χ0) is 16.9. The lowest BCUT2D eigenvalue weighted by Gasteiger charge is -2.10. The van der Waals surface area contributed by atoms with Crippen LogP contribution in [0.3, 0.4) is 0 Å². The molecular formula is C17H17N3O3S. The number of aromatic nitrogens is 2. The van der Waals surface area contributed by atoms with Gasteiger partial charge in [0.05, 0.1) is 18.1 Å². The zero-order valence-corrected chi connectivity index (χ0v) is 14.2. The standard InChI is InChI=1S/C17H17N3O3S/c1-11-5-7-13(8-6-11)16-19-20-17(23-16)24-10-15(21)18-12(2)14-4-3-9-22-14/h3-9,12H,10H2,1-2H3,(H,18,21)/t12-/m0/s1. The van der Waals surface area contributed by atoms with Crippen molar-refractivity contribution in [3.8, 4) is 11.5 Å². The molecule has 1 amide bonds. The van der Waals surface area contributed by atoms with Gasteiger partial charge in [-0.25, -0.2) is 0 Å². The molecule has 2 aromatic heterocycles. The van der Waals surface area contributed by atoms with Gasteiger partial charge in [0.2, 0.25) is 11.8 Å². The van der Waals surface area contributed by atoms with Crippen molar-refractivity contribution in [3.05, 3.63) is 54.0 Å². The first-order chi connectivity index (χ1) is 11.6. The minimum Gasteiger partial charge on any atom is -0.467 e. The first-order valence-electron chi connectivity index (χ1n) is 7.48. The van der Waals surface area contributed by atoms with E-state index in [1.165, 1.54) is 11.8 Å². The summed E-state index contributed by atoms with van der Waals surface area (Å²) in [6.45, 7) is 3.88. The molecule has 24 heavy (non-hydrogen) atoms. The summed E-state index contributed by atoms with van der Waals surface area (Å²) in [5, 5.41) is 11.2. The van der Waals surface area contributed by atoms with Gasteiger partial charge in [0, 0.05) is 5.56 Å². The highest BCUT2D eigenvalue weighted by molar-refractivity contribution is 7.99. The maximum absolute atomic E-state index is 12.0. The van der Waals surface area contributed by atoms with Gasteiger partial charge in [0.25, 0.3) is 5.22 Å². The number of furan rings is 1. The van der Waals surface area contributed by atoms with E-state index in [9.17, 15) is 4.79 Å². The number of nitrogens with one attached hydrogen (secondary N) is 1. The van der Waals surface area contributed by atoms with E-state index in [-0.39, 0.29) is 17.7 Å². The number of amides is 1. The van der Waals surface area contributed by atoms with Crippen LogP contribution in [0.15, 0.2) is 56.7 Å². The van der Waals surface area contributed by atoms with Crippen molar-refractivity contribution in [2.24, 2.45) is 0 Å². The summed E-state index contributed by atoms with van der Waals surface area (Å²) in [4.78, 5) is 12.0. The smallest absolute Gasteiger partial charge is 0.277 e. The molecule has 0 radical (unpaired) electrons. The molecule has 124 valence electrons. The van der Waals surface area contributed by atoms with Crippen LogP contribution in [0.5, 0.6) is 0 Å². The van der Waals surface area contributed by atoms with Crippen LogP contribution in [0.1, 0.15) is 24.3 Å². The number of hydrogen-bond acceptors (Lipinski definition) is 6. The second-order valence-corrected chi connectivity index (χ2v) is 6.26. The van der Waals surface area contributed by atoms with Crippen LogP contribution in [0, 0.1) is 6.92 Å². The van der Waals surface area contributed by atoms with E-state index >= 15 is 0 Å². The molecule has 0 aliphatic carbocycles. The summed E-state index contributed by atoms with van der Waals surface area (Å²) < 4.78 is 10.8. The third-order valence-electron chi connectivity index (χ3n) is 3.38. The largest absolute Gasteiger partial charge is 0.467 e. The fourth-order valence-corrected chi connectivity index (χ4v) is 2.67. The van der Waals surface area contributed by atoms with Crippen LogP contribution in [0.2, 0.25) is 0 Å². The Hall–Kier alpha value is -2.54. The lowest BCUT2D eigenvalue weighted by molar-refractivity contribution is -0.119. The lowest BCUT2D eigenvalue weighted by atomic mass is 10.1. The van der Waals surface area contributed by atoms with Crippen molar-refractivity contribution >= 4 is 17.7 Å². The minimum atomic E-state index is -0.182. The highest BCUT2D eigenvalue weighted by Crippen LogP contribution is 2.23. The van der Waals surface area contributed by atoms with E-state index in [1.54, 1.807) is 12.3 Å². The van der Waals surface area contributed by atoms with Gasteiger partial charge in [-0.2, -0.15) is 0 Å². The SMILES string of the molecule is Cc1ccc(-c2nnc(SCC(=O)N[C@@H](C)c3ccco3)o2)cc1. The Kier molecular flexibility index (Phi) is 5.00. The second-order valence-electron chi connectivity index (χ2n) is 5.33. The van der Waals surface area contributed by atoms with Crippen LogP contribution >= 0.6 is 11.8 Å². The number of aryl methyl sites for hydroxylation is 1. The highest BCUT2D eigenvalue weighted by atomic mass is 32.2. The average Bonchev–Trinajstić information content (AvgIpc) is 3.25.